The highest BCUT2D eigenvalue weighted by atomic mass is 35.5. The van der Waals surface area contributed by atoms with E-state index in [0.717, 1.165) is 5.56 Å². The second-order valence-electron chi connectivity index (χ2n) is 5.53. The van der Waals surface area contributed by atoms with Gasteiger partial charge in [0.1, 0.15) is 5.02 Å². The predicted octanol–water partition coefficient (Wildman–Crippen LogP) is 3.73. The van der Waals surface area contributed by atoms with Gasteiger partial charge in [-0.1, -0.05) is 55.8 Å². The first kappa shape index (κ1) is 15.6. The van der Waals surface area contributed by atoms with Crippen LogP contribution < -0.4 is 10.9 Å². The summed E-state index contributed by atoms with van der Waals surface area (Å²) in [7, 11) is 0. The molecule has 0 bridgehead atoms. The fourth-order valence-electron chi connectivity index (χ4n) is 2.10. The molecule has 1 N–H and O–H groups in total. The van der Waals surface area contributed by atoms with Crippen LogP contribution in [-0.2, 0) is 6.54 Å². The Labute approximate surface area is 129 Å². The first-order valence-electron chi connectivity index (χ1n) is 7.06. The van der Waals surface area contributed by atoms with E-state index in [1.54, 1.807) is 6.20 Å². The molecule has 0 saturated carbocycles. The van der Waals surface area contributed by atoms with Crippen molar-refractivity contribution in [1.29, 1.82) is 0 Å². The molecule has 4 nitrogen and oxygen atoms in total. The number of aromatic nitrogens is 2. The van der Waals surface area contributed by atoms with E-state index in [0.29, 0.717) is 18.2 Å². The molecule has 1 aromatic carbocycles. The first-order valence-corrected chi connectivity index (χ1v) is 7.44. The molecule has 21 heavy (non-hydrogen) atoms. The number of benzene rings is 1. The van der Waals surface area contributed by atoms with E-state index in [4.69, 9.17) is 11.6 Å². The molecule has 0 radical (unpaired) electrons. The normalized spacial score (nSPS) is 12.4. The van der Waals surface area contributed by atoms with Crippen molar-refractivity contribution in [3.05, 3.63) is 57.5 Å². The second-order valence-corrected chi connectivity index (χ2v) is 5.91. The van der Waals surface area contributed by atoms with Gasteiger partial charge in [-0.2, -0.15) is 5.10 Å². The molecule has 0 fully saturated rings. The topological polar surface area (TPSA) is 46.9 Å². The highest BCUT2D eigenvalue weighted by Crippen LogP contribution is 2.22. The van der Waals surface area contributed by atoms with E-state index in [1.807, 2.05) is 51.1 Å². The summed E-state index contributed by atoms with van der Waals surface area (Å²) in [4.78, 5) is 12.2. The highest BCUT2D eigenvalue weighted by molar-refractivity contribution is 6.32. The van der Waals surface area contributed by atoms with Crippen LogP contribution in [0.1, 0.15) is 32.4 Å². The Hall–Kier alpha value is -1.81. The third-order valence-corrected chi connectivity index (χ3v) is 3.56. The molecule has 2 aromatic rings. The zero-order valence-corrected chi connectivity index (χ0v) is 13.3. The summed E-state index contributed by atoms with van der Waals surface area (Å²) in [6, 6.07) is 10.0. The molecule has 0 spiro atoms. The third kappa shape index (κ3) is 3.85. The lowest BCUT2D eigenvalue weighted by Crippen LogP contribution is -2.26. The van der Waals surface area contributed by atoms with E-state index in [-0.39, 0.29) is 16.6 Å². The van der Waals surface area contributed by atoms with Gasteiger partial charge < -0.3 is 5.32 Å². The van der Waals surface area contributed by atoms with Gasteiger partial charge in [-0.05, 0) is 18.4 Å². The van der Waals surface area contributed by atoms with Crippen molar-refractivity contribution in [3.63, 3.8) is 0 Å². The fourth-order valence-corrected chi connectivity index (χ4v) is 2.30. The maximum absolute atomic E-state index is 12.2. The number of halogens is 1. The van der Waals surface area contributed by atoms with Crippen LogP contribution in [0.2, 0.25) is 5.02 Å². The van der Waals surface area contributed by atoms with Gasteiger partial charge in [0.25, 0.3) is 5.56 Å². The van der Waals surface area contributed by atoms with E-state index in [1.165, 1.54) is 4.68 Å². The molecular formula is C16H20ClN3O. The molecule has 112 valence electrons. The lowest BCUT2D eigenvalue weighted by atomic mass is 10.1. The number of rotatable bonds is 5. The van der Waals surface area contributed by atoms with Crippen molar-refractivity contribution < 1.29 is 0 Å². The Balaban J connectivity index is 2.22. The molecule has 0 amide bonds. The van der Waals surface area contributed by atoms with Gasteiger partial charge in [0, 0.05) is 12.6 Å². The van der Waals surface area contributed by atoms with Gasteiger partial charge in [0.05, 0.1) is 11.9 Å². The predicted molar refractivity (Wildman–Crippen MR) is 86.8 cm³/mol. The van der Waals surface area contributed by atoms with E-state index >= 15 is 0 Å². The molecule has 0 saturated heterocycles. The number of hydrogen-bond acceptors (Lipinski definition) is 3. The first-order chi connectivity index (χ1) is 9.99. The Kier molecular flexibility index (Phi) is 5.02. The lowest BCUT2D eigenvalue weighted by Gasteiger charge is -2.17. The van der Waals surface area contributed by atoms with Crippen molar-refractivity contribution in [3.8, 4) is 0 Å². The Morgan fingerprint density at radius 1 is 1.24 bits per heavy atom. The molecule has 1 unspecified atom stereocenters. The van der Waals surface area contributed by atoms with Crippen LogP contribution in [0.25, 0.3) is 0 Å². The second kappa shape index (κ2) is 6.76. The largest absolute Gasteiger partial charge is 0.376 e. The van der Waals surface area contributed by atoms with Gasteiger partial charge in [-0.15, -0.1) is 0 Å². The molecule has 1 aromatic heterocycles. The maximum atomic E-state index is 12.2. The minimum Gasteiger partial charge on any atom is -0.376 e. The number of hydrogen-bond donors (Lipinski definition) is 1. The van der Waals surface area contributed by atoms with Crippen LogP contribution in [0.5, 0.6) is 0 Å². The van der Waals surface area contributed by atoms with Crippen LogP contribution in [0.4, 0.5) is 5.69 Å². The van der Waals surface area contributed by atoms with Crippen molar-refractivity contribution in [2.24, 2.45) is 5.92 Å². The van der Waals surface area contributed by atoms with Crippen LogP contribution >= 0.6 is 11.6 Å². The SMILES string of the molecule is CC(C)Cn1ncc(NC(C)c2ccccc2)c(Cl)c1=O. The molecule has 1 heterocycles. The lowest BCUT2D eigenvalue weighted by molar-refractivity contribution is 0.464. The molecule has 0 aliphatic rings. The van der Waals surface area contributed by atoms with Crippen LogP contribution in [-0.4, -0.2) is 9.78 Å². The summed E-state index contributed by atoms with van der Waals surface area (Å²) >= 11 is 6.18. The summed E-state index contributed by atoms with van der Waals surface area (Å²) in [6.45, 7) is 6.65. The molecule has 2 rings (SSSR count). The van der Waals surface area contributed by atoms with Crippen molar-refractivity contribution in [2.75, 3.05) is 5.32 Å². The average Bonchev–Trinajstić information content (AvgIpc) is 2.47. The van der Waals surface area contributed by atoms with Gasteiger partial charge in [-0.3, -0.25) is 4.79 Å². The Morgan fingerprint density at radius 2 is 1.90 bits per heavy atom. The van der Waals surface area contributed by atoms with Gasteiger partial charge in [0.15, 0.2) is 0 Å². The van der Waals surface area contributed by atoms with Crippen LogP contribution in [0.3, 0.4) is 0 Å². The number of nitrogens with one attached hydrogen (secondary N) is 1. The highest BCUT2D eigenvalue weighted by Gasteiger charge is 2.13. The molecule has 0 aliphatic carbocycles. The minimum absolute atomic E-state index is 0.0471. The molecule has 1 atom stereocenters. The zero-order valence-electron chi connectivity index (χ0n) is 12.5. The summed E-state index contributed by atoms with van der Waals surface area (Å²) in [5.74, 6) is 0.341. The molecule has 5 heteroatoms. The number of nitrogens with zero attached hydrogens (tertiary/aromatic N) is 2. The van der Waals surface area contributed by atoms with E-state index < -0.39 is 0 Å². The summed E-state index contributed by atoms with van der Waals surface area (Å²) < 4.78 is 1.41. The smallest absolute Gasteiger partial charge is 0.287 e. The summed E-state index contributed by atoms with van der Waals surface area (Å²) in [6.07, 6.45) is 1.62. The van der Waals surface area contributed by atoms with Gasteiger partial charge in [0.2, 0.25) is 0 Å². The van der Waals surface area contributed by atoms with Gasteiger partial charge in [-0.25, -0.2) is 4.68 Å². The fraction of sp³-hybridized carbons (Fsp3) is 0.375. The maximum Gasteiger partial charge on any atom is 0.287 e. The quantitative estimate of drug-likeness (QED) is 0.915. The van der Waals surface area contributed by atoms with Crippen molar-refractivity contribution >= 4 is 17.3 Å². The van der Waals surface area contributed by atoms with E-state index in [9.17, 15) is 4.79 Å². The standard InChI is InChI=1S/C16H20ClN3O/c1-11(2)10-20-16(21)15(17)14(9-18-20)19-12(3)13-7-5-4-6-8-13/h4-9,11-12,19H,10H2,1-3H3. The summed E-state index contributed by atoms with van der Waals surface area (Å²) in [5, 5.41) is 7.61. The molecular weight excluding hydrogens is 286 g/mol. The Bertz CT molecular complexity index is 652. The minimum atomic E-state index is -0.254. The van der Waals surface area contributed by atoms with Crippen LogP contribution in [0.15, 0.2) is 41.3 Å². The van der Waals surface area contributed by atoms with Crippen molar-refractivity contribution in [2.45, 2.75) is 33.4 Å². The van der Waals surface area contributed by atoms with Gasteiger partial charge >= 0.3 is 0 Å². The molecule has 0 aliphatic heterocycles. The third-order valence-electron chi connectivity index (χ3n) is 3.19. The van der Waals surface area contributed by atoms with Crippen LogP contribution in [0, 0.1) is 5.92 Å². The average molecular weight is 306 g/mol. The monoisotopic (exact) mass is 305 g/mol. The van der Waals surface area contributed by atoms with Crippen molar-refractivity contribution in [1.82, 2.24) is 9.78 Å². The zero-order chi connectivity index (χ0) is 15.4. The van der Waals surface area contributed by atoms with E-state index in [2.05, 4.69) is 10.4 Å². The number of anilines is 1. The Morgan fingerprint density at radius 3 is 2.52 bits per heavy atom. The summed E-state index contributed by atoms with van der Waals surface area (Å²) in [5.41, 5.74) is 1.44.